The van der Waals surface area contributed by atoms with Crippen LogP contribution in [0.5, 0.6) is 0 Å². The molecule has 0 aliphatic carbocycles. The van der Waals surface area contributed by atoms with Gasteiger partial charge in [0.1, 0.15) is 5.82 Å². The second kappa shape index (κ2) is 6.86. The highest BCUT2D eigenvalue weighted by Crippen LogP contribution is 2.17. The number of aryl methyl sites for hydroxylation is 1. The van der Waals surface area contributed by atoms with Crippen LogP contribution in [0.3, 0.4) is 0 Å². The number of ether oxygens (including phenoxy) is 1. The molecule has 2 aromatic rings. The average molecular weight is 274 g/mol. The van der Waals surface area contributed by atoms with E-state index in [-0.39, 0.29) is 0 Å². The lowest BCUT2D eigenvalue weighted by Crippen LogP contribution is -2.25. The number of imidazole rings is 1. The van der Waals surface area contributed by atoms with Gasteiger partial charge in [-0.15, -0.1) is 0 Å². The third-order valence-electron chi connectivity index (χ3n) is 3.02. The van der Waals surface area contributed by atoms with Crippen LogP contribution in [0.25, 0.3) is 11.4 Å². The van der Waals surface area contributed by atoms with Gasteiger partial charge in [0.15, 0.2) is 6.10 Å². The fourth-order valence-corrected chi connectivity index (χ4v) is 2.07. The molecule has 20 heavy (non-hydrogen) atoms. The van der Waals surface area contributed by atoms with E-state index in [0.717, 1.165) is 11.4 Å². The monoisotopic (exact) mass is 274 g/mol. The Balaban J connectivity index is 2.08. The highest BCUT2D eigenvalue weighted by atomic mass is 16.5. The summed E-state index contributed by atoms with van der Waals surface area (Å²) in [6.07, 6.45) is 3.22. The van der Waals surface area contributed by atoms with E-state index >= 15 is 0 Å². The van der Waals surface area contributed by atoms with E-state index in [1.54, 1.807) is 13.1 Å². The zero-order chi connectivity index (χ0) is 14.4. The number of aromatic nitrogens is 2. The van der Waals surface area contributed by atoms with Crippen molar-refractivity contribution in [3.63, 3.8) is 0 Å². The summed E-state index contributed by atoms with van der Waals surface area (Å²) in [6, 6.07) is 9.82. The first-order valence-electron chi connectivity index (χ1n) is 6.63. The van der Waals surface area contributed by atoms with Crippen LogP contribution in [0, 0.1) is 0 Å². The maximum Gasteiger partial charge on any atom is 0.332 e. The molecule has 1 unspecified atom stereocenters. The summed E-state index contributed by atoms with van der Waals surface area (Å²) in [7, 11) is 0. The van der Waals surface area contributed by atoms with Crippen LogP contribution in [0.15, 0.2) is 42.7 Å². The number of benzene rings is 1. The van der Waals surface area contributed by atoms with Crippen molar-refractivity contribution in [1.82, 2.24) is 9.55 Å². The summed E-state index contributed by atoms with van der Waals surface area (Å²) >= 11 is 0. The number of aliphatic carboxylic acids is 1. The predicted molar refractivity (Wildman–Crippen MR) is 75.3 cm³/mol. The SMILES string of the molecule is CCOC(CCn1ccnc1-c1ccccc1)C(=O)O. The van der Waals surface area contributed by atoms with Gasteiger partial charge in [0.2, 0.25) is 0 Å². The molecule has 5 nitrogen and oxygen atoms in total. The molecule has 0 fully saturated rings. The van der Waals surface area contributed by atoms with Gasteiger partial charge in [-0.05, 0) is 6.92 Å². The van der Waals surface area contributed by atoms with Gasteiger partial charge in [-0.1, -0.05) is 30.3 Å². The lowest BCUT2D eigenvalue weighted by Gasteiger charge is -2.14. The molecular formula is C15H18N2O3. The van der Waals surface area contributed by atoms with E-state index < -0.39 is 12.1 Å². The van der Waals surface area contributed by atoms with E-state index in [1.807, 2.05) is 41.1 Å². The van der Waals surface area contributed by atoms with Crippen molar-refractivity contribution in [1.29, 1.82) is 0 Å². The lowest BCUT2D eigenvalue weighted by molar-refractivity contribution is -0.150. The number of hydrogen-bond acceptors (Lipinski definition) is 3. The first-order chi connectivity index (χ1) is 9.72. The van der Waals surface area contributed by atoms with E-state index in [4.69, 9.17) is 9.84 Å². The fourth-order valence-electron chi connectivity index (χ4n) is 2.07. The van der Waals surface area contributed by atoms with Crippen LogP contribution in [-0.4, -0.2) is 33.3 Å². The maximum absolute atomic E-state index is 11.1. The van der Waals surface area contributed by atoms with Crippen LogP contribution in [0.4, 0.5) is 0 Å². The zero-order valence-electron chi connectivity index (χ0n) is 11.4. The minimum Gasteiger partial charge on any atom is -0.479 e. The van der Waals surface area contributed by atoms with Gasteiger partial charge >= 0.3 is 5.97 Å². The van der Waals surface area contributed by atoms with Gasteiger partial charge in [0.05, 0.1) is 0 Å². The van der Waals surface area contributed by atoms with Crippen molar-refractivity contribution in [2.45, 2.75) is 26.0 Å². The highest BCUT2D eigenvalue weighted by Gasteiger charge is 2.17. The molecule has 1 aromatic carbocycles. The minimum atomic E-state index is -0.923. The molecule has 1 N–H and O–H groups in total. The Kier molecular flexibility index (Phi) is 4.90. The van der Waals surface area contributed by atoms with Gasteiger partial charge in [-0.3, -0.25) is 0 Å². The second-order valence-electron chi connectivity index (χ2n) is 4.38. The van der Waals surface area contributed by atoms with Crippen LogP contribution in [-0.2, 0) is 16.1 Å². The molecule has 0 radical (unpaired) electrons. The molecule has 0 amide bonds. The maximum atomic E-state index is 11.1. The first kappa shape index (κ1) is 14.3. The van der Waals surface area contributed by atoms with E-state index in [9.17, 15) is 4.79 Å². The van der Waals surface area contributed by atoms with E-state index in [1.165, 1.54) is 0 Å². The number of carbonyl (C=O) groups is 1. The van der Waals surface area contributed by atoms with Crippen LogP contribution < -0.4 is 0 Å². The summed E-state index contributed by atoms with van der Waals surface area (Å²) in [5.74, 6) is -0.0838. The van der Waals surface area contributed by atoms with Crippen molar-refractivity contribution < 1.29 is 14.6 Å². The molecule has 0 saturated carbocycles. The molecule has 2 rings (SSSR count). The standard InChI is InChI=1S/C15H18N2O3/c1-2-20-13(15(18)19)8-10-17-11-9-16-14(17)12-6-4-3-5-7-12/h3-7,9,11,13H,2,8,10H2,1H3,(H,18,19). The van der Waals surface area contributed by atoms with Crippen molar-refractivity contribution in [3.8, 4) is 11.4 Å². The minimum absolute atomic E-state index is 0.395. The number of hydrogen-bond donors (Lipinski definition) is 1. The average Bonchev–Trinajstić information content (AvgIpc) is 2.92. The molecule has 1 heterocycles. The molecule has 1 atom stereocenters. The van der Waals surface area contributed by atoms with Gasteiger partial charge < -0.3 is 14.4 Å². The van der Waals surface area contributed by atoms with Crippen LogP contribution in [0.2, 0.25) is 0 Å². The first-order valence-corrected chi connectivity index (χ1v) is 6.63. The Morgan fingerprint density at radius 2 is 2.15 bits per heavy atom. The third kappa shape index (κ3) is 3.45. The smallest absolute Gasteiger partial charge is 0.332 e. The van der Waals surface area contributed by atoms with Crippen molar-refractivity contribution in [2.24, 2.45) is 0 Å². The lowest BCUT2D eigenvalue weighted by atomic mass is 10.2. The van der Waals surface area contributed by atoms with Gasteiger partial charge in [-0.2, -0.15) is 0 Å². The Bertz CT molecular complexity index is 551. The number of rotatable bonds is 7. The quantitative estimate of drug-likeness (QED) is 0.842. The second-order valence-corrected chi connectivity index (χ2v) is 4.38. The van der Waals surface area contributed by atoms with E-state index in [0.29, 0.717) is 19.6 Å². The van der Waals surface area contributed by atoms with Gasteiger partial charge in [0, 0.05) is 37.5 Å². The summed E-state index contributed by atoms with van der Waals surface area (Å²) in [5.41, 5.74) is 1.01. The molecule has 0 saturated heterocycles. The molecular weight excluding hydrogens is 256 g/mol. The molecule has 0 spiro atoms. The van der Waals surface area contributed by atoms with Crippen molar-refractivity contribution in [3.05, 3.63) is 42.7 Å². The number of carboxylic acid groups (broad SMARTS) is 1. The van der Waals surface area contributed by atoms with Crippen molar-refractivity contribution >= 4 is 5.97 Å². The van der Waals surface area contributed by atoms with Crippen LogP contribution >= 0.6 is 0 Å². The zero-order valence-corrected chi connectivity index (χ0v) is 11.4. The summed E-state index contributed by atoms with van der Waals surface area (Å²) in [5, 5.41) is 9.07. The Morgan fingerprint density at radius 3 is 2.80 bits per heavy atom. The largest absolute Gasteiger partial charge is 0.479 e. The predicted octanol–water partition coefficient (Wildman–Crippen LogP) is 2.43. The third-order valence-corrected chi connectivity index (χ3v) is 3.02. The molecule has 1 aromatic heterocycles. The number of nitrogens with zero attached hydrogens (tertiary/aromatic N) is 2. The van der Waals surface area contributed by atoms with Gasteiger partial charge in [0.25, 0.3) is 0 Å². The summed E-state index contributed by atoms with van der Waals surface area (Å²) in [4.78, 5) is 15.4. The topological polar surface area (TPSA) is 64.4 Å². The van der Waals surface area contributed by atoms with Crippen LogP contribution in [0.1, 0.15) is 13.3 Å². The normalized spacial score (nSPS) is 12.2. The fraction of sp³-hybridized carbons (Fsp3) is 0.333. The van der Waals surface area contributed by atoms with E-state index in [2.05, 4.69) is 4.98 Å². The molecule has 0 aliphatic heterocycles. The van der Waals surface area contributed by atoms with Gasteiger partial charge in [-0.25, -0.2) is 9.78 Å². The summed E-state index contributed by atoms with van der Waals surface area (Å²) in [6.45, 7) is 2.75. The molecule has 0 bridgehead atoms. The highest BCUT2D eigenvalue weighted by molar-refractivity contribution is 5.72. The Labute approximate surface area is 117 Å². The van der Waals surface area contributed by atoms with Crippen molar-refractivity contribution in [2.75, 3.05) is 6.61 Å². The molecule has 5 heteroatoms. The Hall–Kier alpha value is -2.14. The summed E-state index contributed by atoms with van der Waals surface area (Å²) < 4.78 is 7.16. The Morgan fingerprint density at radius 1 is 1.40 bits per heavy atom. The molecule has 106 valence electrons. The molecule has 0 aliphatic rings. The number of carboxylic acids is 1.